The van der Waals surface area contributed by atoms with Gasteiger partial charge in [-0.15, -0.1) is 11.3 Å². The molecule has 3 aliphatic carbocycles. The summed E-state index contributed by atoms with van der Waals surface area (Å²) in [5.74, 6) is 1.32. The Morgan fingerprint density at radius 2 is 1.90 bits per heavy atom. The summed E-state index contributed by atoms with van der Waals surface area (Å²) in [6.07, 6.45) is 9.43. The van der Waals surface area contributed by atoms with E-state index in [9.17, 15) is 4.79 Å². The number of fused-ring (bicyclic) bond motifs is 2. The minimum Gasteiger partial charge on any atom is -0.481 e. The van der Waals surface area contributed by atoms with Crippen LogP contribution in [0.3, 0.4) is 0 Å². The molecule has 3 fully saturated rings. The molecule has 1 amide bonds. The molecule has 3 N–H and O–H groups in total. The number of nitrogens with one attached hydrogen (secondary N) is 2. The molecule has 4 aliphatic rings. The fourth-order valence-corrected chi connectivity index (χ4v) is 5.89. The maximum atomic E-state index is 12.9. The monoisotopic (exact) mass is 435 g/mol. The van der Waals surface area contributed by atoms with E-state index in [4.69, 9.17) is 14.6 Å². The van der Waals surface area contributed by atoms with Crippen LogP contribution in [0.4, 0.5) is 0 Å². The van der Waals surface area contributed by atoms with E-state index in [2.05, 4.69) is 15.6 Å². The summed E-state index contributed by atoms with van der Waals surface area (Å²) in [5.41, 5.74) is 1.16. The number of rotatable bonds is 5. The molecular formula is C22H33N3O4S. The van der Waals surface area contributed by atoms with E-state index < -0.39 is 5.97 Å². The Balaban J connectivity index is 0.000000503. The van der Waals surface area contributed by atoms with E-state index in [1.165, 1.54) is 30.6 Å². The van der Waals surface area contributed by atoms with Gasteiger partial charge in [-0.1, -0.05) is 0 Å². The second-order valence-corrected chi connectivity index (χ2v) is 10.2. The van der Waals surface area contributed by atoms with E-state index in [1.807, 2.05) is 0 Å². The van der Waals surface area contributed by atoms with Gasteiger partial charge in [-0.05, 0) is 82.2 Å². The predicted molar refractivity (Wildman–Crippen MR) is 115 cm³/mol. The number of aryl methyl sites for hydroxylation is 2. The quantitative estimate of drug-likeness (QED) is 0.657. The molecule has 2 heterocycles. The summed E-state index contributed by atoms with van der Waals surface area (Å²) in [6.45, 7) is 4.14. The normalized spacial score (nSPS) is 29.9. The molecule has 7 nitrogen and oxygen atoms in total. The number of thiazole rings is 1. The Labute approximate surface area is 182 Å². The van der Waals surface area contributed by atoms with Gasteiger partial charge in [0.1, 0.15) is 0 Å². The van der Waals surface area contributed by atoms with Crippen LogP contribution < -0.4 is 10.6 Å². The van der Waals surface area contributed by atoms with Crippen molar-refractivity contribution in [1.82, 2.24) is 15.6 Å². The largest absolute Gasteiger partial charge is 0.481 e. The van der Waals surface area contributed by atoms with Crippen LogP contribution in [0.2, 0.25) is 0 Å². The number of amides is 1. The van der Waals surface area contributed by atoms with E-state index >= 15 is 0 Å². The number of carbonyl (C=O) groups excluding carboxylic acids is 1. The van der Waals surface area contributed by atoms with Crippen molar-refractivity contribution in [3.8, 4) is 0 Å². The average molecular weight is 436 g/mol. The highest BCUT2D eigenvalue weighted by atomic mass is 32.1. The van der Waals surface area contributed by atoms with E-state index in [-0.39, 0.29) is 18.1 Å². The van der Waals surface area contributed by atoms with E-state index in [0.29, 0.717) is 16.8 Å². The highest BCUT2D eigenvalue weighted by molar-refractivity contribution is 7.13. The fraction of sp³-hybridized carbons (Fsp3) is 0.773. The van der Waals surface area contributed by atoms with Gasteiger partial charge in [-0.25, -0.2) is 4.98 Å². The van der Waals surface area contributed by atoms with Crippen LogP contribution in [0.1, 0.15) is 65.8 Å². The van der Waals surface area contributed by atoms with Crippen molar-refractivity contribution in [3.05, 3.63) is 15.6 Å². The molecule has 0 spiro atoms. The second-order valence-electron chi connectivity index (χ2n) is 9.16. The van der Waals surface area contributed by atoms with Crippen LogP contribution in [0.25, 0.3) is 0 Å². The first-order valence-electron chi connectivity index (χ1n) is 11.3. The van der Waals surface area contributed by atoms with Gasteiger partial charge in [-0.2, -0.15) is 0 Å². The zero-order valence-corrected chi connectivity index (χ0v) is 18.5. The molecule has 0 bridgehead atoms. The molecule has 2 saturated carbocycles. The lowest BCUT2D eigenvalue weighted by Gasteiger charge is -2.38. The summed E-state index contributed by atoms with van der Waals surface area (Å²) in [5, 5.41) is 14.9. The molecule has 4 atom stereocenters. The molecule has 1 aromatic rings. The summed E-state index contributed by atoms with van der Waals surface area (Å²) in [4.78, 5) is 27.9. The van der Waals surface area contributed by atoms with Crippen LogP contribution in [-0.4, -0.2) is 53.8 Å². The van der Waals surface area contributed by atoms with Gasteiger partial charge < -0.3 is 20.5 Å². The number of hydrogen-bond donors (Lipinski definition) is 3. The molecule has 0 unspecified atom stereocenters. The van der Waals surface area contributed by atoms with Crippen molar-refractivity contribution in [3.63, 3.8) is 0 Å². The number of carboxylic acids is 1. The van der Waals surface area contributed by atoms with Crippen molar-refractivity contribution in [1.29, 1.82) is 0 Å². The summed E-state index contributed by atoms with van der Waals surface area (Å²) < 4.78 is 6.29. The molecule has 5 rings (SSSR count). The molecule has 1 saturated heterocycles. The highest BCUT2D eigenvalue weighted by Crippen LogP contribution is 2.36. The molecule has 166 valence electrons. The smallest absolute Gasteiger partial charge is 0.300 e. The third-order valence-corrected chi connectivity index (χ3v) is 7.78. The van der Waals surface area contributed by atoms with Gasteiger partial charge in [0.15, 0.2) is 5.01 Å². The Kier molecular flexibility index (Phi) is 7.05. The highest BCUT2D eigenvalue weighted by Gasteiger charge is 2.41. The van der Waals surface area contributed by atoms with Crippen LogP contribution in [0.5, 0.6) is 0 Å². The van der Waals surface area contributed by atoms with Gasteiger partial charge in [0.2, 0.25) is 0 Å². The van der Waals surface area contributed by atoms with Crippen LogP contribution >= 0.6 is 11.3 Å². The van der Waals surface area contributed by atoms with Crippen molar-refractivity contribution in [2.75, 3.05) is 19.7 Å². The van der Waals surface area contributed by atoms with E-state index in [0.717, 1.165) is 63.9 Å². The SMILES string of the molecule is CC(=O)O.O=C(N[C@H]1C[C@H]2CNC[C@H]2C[C@@H]1OCC1CC1)c1nc2c(s1)CCCC2. The third kappa shape index (κ3) is 5.59. The number of carbonyl (C=O) groups is 2. The van der Waals surface area contributed by atoms with Crippen LogP contribution in [0, 0.1) is 17.8 Å². The number of hydrogen-bond acceptors (Lipinski definition) is 6. The number of aromatic nitrogens is 1. The van der Waals surface area contributed by atoms with Gasteiger partial charge in [-0.3, -0.25) is 9.59 Å². The number of carboxylic acid groups (broad SMARTS) is 1. The number of aliphatic carboxylic acids is 1. The Morgan fingerprint density at radius 3 is 2.60 bits per heavy atom. The minimum atomic E-state index is -0.833. The first-order chi connectivity index (χ1) is 14.5. The van der Waals surface area contributed by atoms with Gasteiger partial charge >= 0.3 is 0 Å². The molecule has 8 heteroatoms. The molecule has 0 radical (unpaired) electrons. The van der Waals surface area contributed by atoms with Gasteiger partial charge in [0.25, 0.3) is 11.9 Å². The molecule has 0 aromatic carbocycles. The van der Waals surface area contributed by atoms with Crippen molar-refractivity contribution >= 4 is 23.2 Å². The Hall–Kier alpha value is -1.51. The van der Waals surface area contributed by atoms with E-state index in [1.54, 1.807) is 11.3 Å². The lowest BCUT2D eigenvalue weighted by molar-refractivity contribution is -0.134. The van der Waals surface area contributed by atoms with Crippen LogP contribution in [-0.2, 0) is 22.4 Å². The fourth-order valence-electron chi connectivity index (χ4n) is 4.84. The first-order valence-corrected chi connectivity index (χ1v) is 12.1. The minimum absolute atomic E-state index is 0.0128. The zero-order chi connectivity index (χ0) is 21.1. The van der Waals surface area contributed by atoms with Crippen molar-refractivity contribution < 1.29 is 19.4 Å². The number of ether oxygens (including phenoxy) is 1. The lowest BCUT2D eigenvalue weighted by Crippen LogP contribution is -2.50. The van der Waals surface area contributed by atoms with Gasteiger partial charge in [0, 0.05) is 18.4 Å². The lowest BCUT2D eigenvalue weighted by atomic mass is 9.77. The van der Waals surface area contributed by atoms with Gasteiger partial charge in [0.05, 0.1) is 17.8 Å². The summed E-state index contributed by atoms with van der Waals surface area (Å²) in [7, 11) is 0. The molecule has 1 aliphatic heterocycles. The Morgan fingerprint density at radius 1 is 1.20 bits per heavy atom. The standard InChI is InChI=1S/C20H29N3O2S.C2H4O2/c24-19(20-23-15-3-1-2-4-18(15)26-20)22-16-7-13-9-21-10-14(13)8-17(16)25-11-12-5-6-12;1-2(3)4/h12-14,16-17,21H,1-11H2,(H,22,24);1H3,(H,3,4)/t13-,14+,16-,17-;/m0./s1. The molecule has 1 aromatic heterocycles. The van der Waals surface area contributed by atoms with Crippen molar-refractivity contribution in [2.24, 2.45) is 17.8 Å². The number of nitrogens with zero attached hydrogens (tertiary/aromatic N) is 1. The molecular weight excluding hydrogens is 402 g/mol. The predicted octanol–water partition coefficient (Wildman–Crippen LogP) is 2.64. The summed E-state index contributed by atoms with van der Waals surface area (Å²) >= 11 is 1.60. The maximum absolute atomic E-state index is 12.9. The topological polar surface area (TPSA) is 101 Å². The van der Waals surface area contributed by atoms with Crippen molar-refractivity contribution in [2.45, 2.75) is 70.4 Å². The average Bonchev–Trinajstić information content (AvgIpc) is 3.25. The molecule has 30 heavy (non-hydrogen) atoms. The zero-order valence-electron chi connectivity index (χ0n) is 17.7. The Bertz CT molecular complexity index is 736. The summed E-state index contributed by atoms with van der Waals surface area (Å²) in [6, 6.07) is 0.128. The van der Waals surface area contributed by atoms with Crippen LogP contribution in [0.15, 0.2) is 0 Å². The second kappa shape index (κ2) is 9.75. The first kappa shape index (κ1) is 21.7. The third-order valence-electron chi connectivity index (χ3n) is 6.62. The maximum Gasteiger partial charge on any atom is 0.300 e.